The van der Waals surface area contributed by atoms with Gasteiger partial charge in [-0.3, -0.25) is 4.79 Å². The molecular weight excluding hydrogens is 286 g/mol. The molecule has 4 heteroatoms. The second-order valence-electron chi connectivity index (χ2n) is 6.04. The summed E-state index contributed by atoms with van der Waals surface area (Å²) < 4.78 is 0. The zero-order chi connectivity index (χ0) is 16.2. The Morgan fingerprint density at radius 2 is 1.74 bits per heavy atom. The summed E-state index contributed by atoms with van der Waals surface area (Å²) in [6, 6.07) is 18.0. The quantitative estimate of drug-likeness (QED) is 0.759. The van der Waals surface area contributed by atoms with E-state index in [0.717, 1.165) is 5.52 Å². The van der Waals surface area contributed by atoms with Crippen molar-refractivity contribution in [3.8, 4) is 0 Å². The Hall–Kier alpha value is -2.46. The van der Waals surface area contributed by atoms with Crippen LogP contribution < -0.4 is 10.9 Å². The number of hydrogen-bond acceptors (Lipinski definition) is 3. The van der Waals surface area contributed by atoms with Gasteiger partial charge in [0.25, 0.3) is 5.56 Å². The summed E-state index contributed by atoms with van der Waals surface area (Å²) in [5.74, 6) is 1.10. The molecule has 2 aromatic carbocycles. The maximum Gasteiger partial charge on any atom is 0.258 e. The smallest absolute Gasteiger partial charge is 0.258 e. The fourth-order valence-corrected chi connectivity index (χ4v) is 2.82. The van der Waals surface area contributed by atoms with Crippen molar-refractivity contribution in [3.05, 3.63) is 76.3 Å². The number of nitrogens with zero attached hydrogens (tertiary/aromatic N) is 1. The largest absolute Gasteiger partial charge is 0.309 e. The zero-order valence-electron chi connectivity index (χ0n) is 13.4. The molecule has 0 spiro atoms. The van der Waals surface area contributed by atoms with E-state index < -0.39 is 0 Å². The molecule has 4 nitrogen and oxygen atoms in total. The zero-order valence-corrected chi connectivity index (χ0v) is 13.4. The topological polar surface area (TPSA) is 57.8 Å². The first-order valence-corrected chi connectivity index (χ1v) is 7.91. The Morgan fingerprint density at radius 1 is 1.04 bits per heavy atom. The molecule has 0 aliphatic heterocycles. The molecule has 2 N–H and O–H groups in total. The van der Waals surface area contributed by atoms with Crippen LogP contribution in [0, 0.1) is 5.92 Å². The third kappa shape index (κ3) is 3.48. The number of rotatable bonds is 5. The first kappa shape index (κ1) is 15.4. The van der Waals surface area contributed by atoms with Crippen LogP contribution in [0.1, 0.15) is 31.3 Å². The van der Waals surface area contributed by atoms with Gasteiger partial charge in [-0.2, -0.15) is 0 Å². The first-order chi connectivity index (χ1) is 11.1. The van der Waals surface area contributed by atoms with Crippen molar-refractivity contribution in [2.75, 3.05) is 0 Å². The number of H-pyrrole nitrogens is 1. The summed E-state index contributed by atoms with van der Waals surface area (Å²) in [6.07, 6.45) is 0. The molecule has 0 amide bonds. The lowest BCUT2D eigenvalue weighted by Crippen LogP contribution is -2.27. The van der Waals surface area contributed by atoms with E-state index in [-0.39, 0.29) is 11.6 Å². The molecule has 3 aromatic rings. The molecule has 23 heavy (non-hydrogen) atoms. The van der Waals surface area contributed by atoms with Crippen molar-refractivity contribution in [2.24, 2.45) is 5.92 Å². The average molecular weight is 307 g/mol. The molecule has 118 valence electrons. The molecule has 1 atom stereocenters. The minimum absolute atomic E-state index is 0.0896. The van der Waals surface area contributed by atoms with Gasteiger partial charge in [0.05, 0.1) is 17.4 Å². The van der Waals surface area contributed by atoms with Crippen molar-refractivity contribution >= 4 is 10.9 Å². The van der Waals surface area contributed by atoms with Crippen molar-refractivity contribution in [3.63, 3.8) is 0 Å². The number of nitrogens with one attached hydrogen (secondary N) is 2. The van der Waals surface area contributed by atoms with Gasteiger partial charge >= 0.3 is 0 Å². The van der Waals surface area contributed by atoms with E-state index in [2.05, 4.69) is 41.3 Å². The molecule has 0 bridgehead atoms. The van der Waals surface area contributed by atoms with E-state index in [9.17, 15) is 4.79 Å². The van der Waals surface area contributed by atoms with Gasteiger partial charge in [0, 0.05) is 6.04 Å². The fraction of sp³-hybridized carbons (Fsp3) is 0.263. The third-order valence-electron chi connectivity index (χ3n) is 3.98. The molecule has 0 aliphatic carbocycles. The van der Waals surface area contributed by atoms with Crippen LogP contribution in [0.15, 0.2) is 59.4 Å². The molecule has 3 rings (SSSR count). The Bertz CT molecular complexity index is 840. The Labute approximate surface area is 135 Å². The number of aromatic nitrogens is 2. The van der Waals surface area contributed by atoms with Crippen LogP contribution in [0.25, 0.3) is 10.9 Å². The number of para-hydroxylation sites is 1. The van der Waals surface area contributed by atoms with E-state index in [0.29, 0.717) is 23.7 Å². The van der Waals surface area contributed by atoms with Crippen molar-refractivity contribution in [1.29, 1.82) is 0 Å². The molecule has 0 radical (unpaired) electrons. The Kier molecular flexibility index (Phi) is 4.53. The molecule has 0 fully saturated rings. The van der Waals surface area contributed by atoms with Crippen LogP contribution in [0.5, 0.6) is 0 Å². The second-order valence-corrected chi connectivity index (χ2v) is 6.04. The van der Waals surface area contributed by atoms with Crippen LogP contribution >= 0.6 is 0 Å². The van der Waals surface area contributed by atoms with Gasteiger partial charge < -0.3 is 10.3 Å². The Balaban J connectivity index is 1.83. The highest BCUT2D eigenvalue weighted by Gasteiger charge is 2.15. The van der Waals surface area contributed by atoms with Gasteiger partial charge in [-0.1, -0.05) is 56.3 Å². The maximum absolute atomic E-state index is 12.1. The Morgan fingerprint density at radius 3 is 2.48 bits per heavy atom. The normalized spacial score (nSPS) is 12.7. The lowest BCUT2D eigenvalue weighted by molar-refractivity contribution is 0.406. The summed E-state index contributed by atoms with van der Waals surface area (Å²) in [6.45, 7) is 4.89. The minimum Gasteiger partial charge on any atom is -0.309 e. The lowest BCUT2D eigenvalue weighted by Gasteiger charge is -2.22. The van der Waals surface area contributed by atoms with Crippen LogP contribution in [-0.4, -0.2) is 9.97 Å². The third-order valence-corrected chi connectivity index (χ3v) is 3.98. The van der Waals surface area contributed by atoms with Crippen molar-refractivity contribution in [1.82, 2.24) is 15.3 Å². The highest BCUT2D eigenvalue weighted by Crippen LogP contribution is 2.21. The predicted octanol–water partition coefficient (Wildman–Crippen LogP) is 3.41. The minimum atomic E-state index is -0.0896. The highest BCUT2D eigenvalue weighted by molar-refractivity contribution is 5.77. The second kappa shape index (κ2) is 6.75. The van der Waals surface area contributed by atoms with Gasteiger partial charge in [-0.25, -0.2) is 4.98 Å². The first-order valence-electron chi connectivity index (χ1n) is 7.91. The number of fused-ring (bicyclic) bond motifs is 1. The number of aromatic amines is 1. The highest BCUT2D eigenvalue weighted by atomic mass is 16.1. The van der Waals surface area contributed by atoms with Gasteiger partial charge in [0.15, 0.2) is 0 Å². The van der Waals surface area contributed by atoms with Gasteiger partial charge in [0.1, 0.15) is 5.82 Å². The molecule has 0 saturated carbocycles. The SMILES string of the molecule is CC(C)C(NCc1nc2ccccc2c(=O)[nH]1)c1ccccc1. The van der Waals surface area contributed by atoms with Crippen LogP contribution in [0.2, 0.25) is 0 Å². The molecule has 1 heterocycles. The molecule has 0 aliphatic rings. The number of benzene rings is 2. The fourth-order valence-electron chi connectivity index (χ4n) is 2.82. The summed E-state index contributed by atoms with van der Waals surface area (Å²) >= 11 is 0. The van der Waals surface area contributed by atoms with Crippen molar-refractivity contribution < 1.29 is 0 Å². The standard InChI is InChI=1S/C19H21N3O/c1-13(2)18(14-8-4-3-5-9-14)20-12-17-21-16-11-7-6-10-15(16)19(23)22-17/h3-11,13,18,20H,12H2,1-2H3,(H,21,22,23). The summed E-state index contributed by atoms with van der Waals surface area (Å²) in [5, 5.41) is 4.14. The predicted molar refractivity (Wildman–Crippen MR) is 93.2 cm³/mol. The molecular formula is C19H21N3O. The molecule has 0 saturated heterocycles. The van der Waals surface area contributed by atoms with E-state index in [1.807, 2.05) is 36.4 Å². The van der Waals surface area contributed by atoms with E-state index in [4.69, 9.17) is 0 Å². The van der Waals surface area contributed by atoms with Crippen LogP contribution in [-0.2, 0) is 6.54 Å². The average Bonchev–Trinajstić information content (AvgIpc) is 2.56. The van der Waals surface area contributed by atoms with E-state index in [1.165, 1.54) is 5.56 Å². The van der Waals surface area contributed by atoms with Crippen molar-refractivity contribution in [2.45, 2.75) is 26.4 Å². The van der Waals surface area contributed by atoms with Crippen LogP contribution in [0.3, 0.4) is 0 Å². The van der Waals surface area contributed by atoms with Gasteiger partial charge in [0.2, 0.25) is 0 Å². The summed E-state index contributed by atoms with van der Waals surface area (Å²) in [4.78, 5) is 19.5. The number of hydrogen-bond donors (Lipinski definition) is 2. The van der Waals surface area contributed by atoms with E-state index >= 15 is 0 Å². The molecule has 1 aromatic heterocycles. The van der Waals surface area contributed by atoms with Crippen LogP contribution in [0.4, 0.5) is 0 Å². The monoisotopic (exact) mass is 307 g/mol. The van der Waals surface area contributed by atoms with E-state index in [1.54, 1.807) is 6.07 Å². The summed E-state index contributed by atoms with van der Waals surface area (Å²) in [7, 11) is 0. The maximum atomic E-state index is 12.1. The van der Waals surface area contributed by atoms with Gasteiger partial charge in [-0.15, -0.1) is 0 Å². The lowest BCUT2D eigenvalue weighted by atomic mass is 9.96. The summed E-state index contributed by atoms with van der Waals surface area (Å²) in [5.41, 5.74) is 1.88. The molecule has 1 unspecified atom stereocenters. The van der Waals surface area contributed by atoms with Gasteiger partial charge in [-0.05, 0) is 23.6 Å².